The van der Waals surface area contributed by atoms with E-state index in [4.69, 9.17) is 10.7 Å². The number of hydrogen-bond donors (Lipinski definition) is 2. The topological polar surface area (TPSA) is 67.1 Å². The van der Waals surface area contributed by atoms with E-state index < -0.39 is 0 Å². The summed E-state index contributed by atoms with van der Waals surface area (Å²) in [6.45, 7) is 2.33. The summed E-state index contributed by atoms with van der Waals surface area (Å²) in [4.78, 5) is 11.5. The van der Waals surface area contributed by atoms with Gasteiger partial charge in [0, 0.05) is 37.4 Å². The Balaban J connectivity index is 1.50. The molecule has 144 valence electrons. The molecule has 0 radical (unpaired) electrons. The number of nitrogens with zero attached hydrogens (tertiary/aromatic N) is 3. The van der Waals surface area contributed by atoms with Crippen molar-refractivity contribution in [1.29, 1.82) is 0 Å². The number of pyridine rings is 2. The van der Waals surface area contributed by atoms with Crippen molar-refractivity contribution < 1.29 is 4.39 Å². The van der Waals surface area contributed by atoms with E-state index in [2.05, 4.69) is 21.3 Å². The van der Waals surface area contributed by atoms with E-state index in [1.165, 1.54) is 12.1 Å². The minimum atomic E-state index is -0.234. The molecule has 3 aromatic rings. The molecule has 1 aliphatic rings. The van der Waals surface area contributed by atoms with Gasteiger partial charge >= 0.3 is 0 Å². The number of benzene rings is 1. The molecule has 5 nitrogen and oxygen atoms in total. The third-order valence-electron chi connectivity index (χ3n) is 4.93. The highest BCUT2D eigenvalue weighted by Gasteiger charge is 2.18. The third-order valence-corrected chi connectivity index (χ3v) is 4.93. The minimum Gasteiger partial charge on any atom is -0.366 e. The molecule has 1 atom stereocenters. The largest absolute Gasteiger partial charge is 0.366 e. The third kappa shape index (κ3) is 4.46. The highest BCUT2D eigenvalue weighted by molar-refractivity contribution is 5.64. The second-order valence-corrected chi connectivity index (χ2v) is 7.14. The molecule has 1 aliphatic heterocycles. The summed E-state index contributed by atoms with van der Waals surface area (Å²) in [7, 11) is 0. The lowest BCUT2D eigenvalue weighted by Crippen LogP contribution is -2.43. The smallest absolute Gasteiger partial charge is 0.129 e. The Kier molecular flexibility index (Phi) is 5.48. The molecule has 4 rings (SSSR count). The highest BCUT2D eigenvalue weighted by Crippen LogP contribution is 2.24. The van der Waals surface area contributed by atoms with Gasteiger partial charge in [-0.1, -0.05) is 18.2 Å². The lowest BCUT2D eigenvalue weighted by molar-refractivity contribution is 0.503. The fourth-order valence-electron chi connectivity index (χ4n) is 3.50. The molecule has 3 N–H and O–H groups in total. The number of nitrogens with one attached hydrogen (secondary N) is 1. The SMILES string of the molecule is NC1CCCN(c2cc(-c3cccc(NCc4cccc(F)c4)n3)ccn2)C1. The maximum absolute atomic E-state index is 13.3. The zero-order valence-electron chi connectivity index (χ0n) is 15.7. The Morgan fingerprint density at radius 3 is 2.89 bits per heavy atom. The molecular weight excluding hydrogens is 353 g/mol. The maximum atomic E-state index is 13.3. The van der Waals surface area contributed by atoms with E-state index >= 15 is 0 Å². The van der Waals surface area contributed by atoms with Crippen molar-refractivity contribution in [2.75, 3.05) is 23.3 Å². The average Bonchev–Trinajstić information content (AvgIpc) is 2.73. The number of piperidine rings is 1. The van der Waals surface area contributed by atoms with Gasteiger partial charge in [0.1, 0.15) is 17.5 Å². The predicted octanol–water partition coefficient (Wildman–Crippen LogP) is 3.82. The number of anilines is 2. The van der Waals surface area contributed by atoms with Gasteiger partial charge in [-0.15, -0.1) is 0 Å². The van der Waals surface area contributed by atoms with Crippen LogP contribution in [0.25, 0.3) is 11.3 Å². The molecule has 2 aromatic heterocycles. The summed E-state index contributed by atoms with van der Waals surface area (Å²) in [5, 5.41) is 3.26. The molecule has 0 aliphatic carbocycles. The van der Waals surface area contributed by atoms with Crippen LogP contribution >= 0.6 is 0 Å². The molecule has 6 heteroatoms. The number of aromatic nitrogens is 2. The lowest BCUT2D eigenvalue weighted by atomic mass is 10.1. The Morgan fingerprint density at radius 1 is 1.14 bits per heavy atom. The standard InChI is InChI=1S/C22H24FN5/c23-18-5-1-4-16(12-18)14-26-21-8-2-7-20(27-21)17-9-10-25-22(13-17)28-11-3-6-19(24)15-28/h1-2,4-5,7-10,12-13,19H,3,6,11,14-15,24H2,(H,26,27). The van der Waals surface area contributed by atoms with Crippen molar-refractivity contribution in [3.05, 3.63) is 72.2 Å². The van der Waals surface area contributed by atoms with Crippen LogP contribution in [-0.2, 0) is 6.54 Å². The molecule has 3 heterocycles. The first kappa shape index (κ1) is 18.4. The molecule has 0 amide bonds. The number of nitrogens with two attached hydrogens (primary N) is 1. The molecule has 0 saturated carbocycles. The van der Waals surface area contributed by atoms with E-state index in [1.807, 2.05) is 36.5 Å². The highest BCUT2D eigenvalue weighted by atomic mass is 19.1. The van der Waals surface area contributed by atoms with E-state index in [9.17, 15) is 4.39 Å². The molecule has 1 saturated heterocycles. The van der Waals surface area contributed by atoms with Crippen LogP contribution in [0, 0.1) is 5.82 Å². The van der Waals surface area contributed by atoms with Crippen LogP contribution in [0.5, 0.6) is 0 Å². The van der Waals surface area contributed by atoms with Gasteiger partial charge in [-0.25, -0.2) is 14.4 Å². The molecule has 0 bridgehead atoms. The van der Waals surface area contributed by atoms with Crippen molar-refractivity contribution in [1.82, 2.24) is 9.97 Å². The van der Waals surface area contributed by atoms with Gasteiger partial charge in [0.2, 0.25) is 0 Å². The average molecular weight is 377 g/mol. The second kappa shape index (κ2) is 8.35. The van der Waals surface area contributed by atoms with Gasteiger partial charge in [0.05, 0.1) is 5.69 Å². The zero-order chi connectivity index (χ0) is 19.3. The van der Waals surface area contributed by atoms with E-state index in [0.717, 1.165) is 54.4 Å². The van der Waals surface area contributed by atoms with Crippen molar-refractivity contribution in [2.24, 2.45) is 5.73 Å². The van der Waals surface area contributed by atoms with E-state index in [-0.39, 0.29) is 11.9 Å². The quantitative estimate of drug-likeness (QED) is 0.707. The van der Waals surface area contributed by atoms with Crippen LogP contribution < -0.4 is 16.0 Å². The first-order valence-electron chi connectivity index (χ1n) is 9.60. The van der Waals surface area contributed by atoms with Crippen LogP contribution in [0.3, 0.4) is 0 Å². The number of halogens is 1. The first-order chi connectivity index (χ1) is 13.7. The van der Waals surface area contributed by atoms with E-state index in [0.29, 0.717) is 6.54 Å². The monoisotopic (exact) mass is 377 g/mol. The molecule has 1 fully saturated rings. The molecule has 1 aromatic carbocycles. The lowest BCUT2D eigenvalue weighted by Gasteiger charge is -2.31. The maximum Gasteiger partial charge on any atom is 0.129 e. The van der Waals surface area contributed by atoms with Gasteiger partial charge in [0.25, 0.3) is 0 Å². The Labute approximate surface area is 164 Å². The van der Waals surface area contributed by atoms with Crippen LogP contribution in [0.15, 0.2) is 60.8 Å². The summed E-state index contributed by atoms with van der Waals surface area (Å²) < 4.78 is 13.3. The van der Waals surface area contributed by atoms with Gasteiger partial charge in [0.15, 0.2) is 0 Å². The fourth-order valence-corrected chi connectivity index (χ4v) is 3.50. The second-order valence-electron chi connectivity index (χ2n) is 7.14. The van der Waals surface area contributed by atoms with Crippen LogP contribution in [0.2, 0.25) is 0 Å². The Hall–Kier alpha value is -2.99. The van der Waals surface area contributed by atoms with Gasteiger partial charge in [-0.3, -0.25) is 0 Å². The number of rotatable bonds is 5. The summed E-state index contributed by atoms with van der Waals surface area (Å²) in [5.74, 6) is 1.45. The van der Waals surface area contributed by atoms with Crippen LogP contribution in [0.1, 0.15) is 18.4 Å². The Morgan fingerprint density at radius 2 is 2.04 bits per heavy atom. The van der Waals surface area contributed by atoms with Crippen molar-refractivity contribution in [3.8, 4) is 11.3 Å². The summed E-state index contributed by atoms with van der Waals surface area (Å²) in [6, 6.07) is 16.7. The normalized spacial score (nSPS) is 16.8. The summed E-state index contributed by atoms with van der Waals surface area (Å²) in [5.41, 5.74) is 8.87. The van der Waals surface area contributed by atoms with Crippen molar-refractivity contribution >= 4 is 11.6 Å². The minimum absolute atomic E-state index is 0.202. The predicted molar refractivity (Wildman–Crippen MR) is 111 cm³/mol. The van der Waals surface area contributed by atoms with E-state index in [1.54, 1.807) is 6.07 Å². The fraction of sp³-hybridized carbons (Fsp3) is 0.273. The first-order valence-corrected chi connectivity index (χ1v) is 9.60. The van der Waals surface area contributed by atoms with Crippen LogP contribution in [0.4, 0.5) is 16.0 Å². The summed E-state index contributed by atoms with van der Waals surface area (Å²) in [6.07, 6.45) is 3.97. The molecule has 1 unspecified atom stereocenters. The number of hydrogen-bond acceptors (Lipinski definition) is 5. The van der Waals surface area contributed by atoms with Gasteiger partial charge in [-0.2, -0.15) is 0 Å². The van der Waals surface area contributed by atoms with Gasteiger partial charge < -0.3 is 16.0 Å². The Bertz CT molecular complexity index is 945. The molecule has 0 spiro atoms. The van der Waals surface area contributed by atoms with Crippen molar-refractivity contribution in [2.45, 2.75) is 25.4 Å². The van der Waals surface area contributed by atoms with Crippen LogP contribution in [-0.4, -0.2) is 29.1 Å². The van der Waals surface area contributed by atoms with Crippen molar-refractivity contribution in [3.63, 3.8) is 0 Å². The zero-order valence-corrected chi connectivity index (χ0v) is 15.7. The van der Waals surface area contributed by atoms with Gasteiger partial charge in [-0.05, 0) is 54.8 Å². The molecule has 28 heavy (non-hydrogen) atoms. The molecular formula is C22H24FN5. The summed E-state index contributed by atoms with van der Waals surface area (Å²) >= 11 is 0.